The van der Waals surface area contributed by atoms with E-state index in [0.717, 1.165) is 0 Å². The number of nitrogen functional groups attached to an aromatic ring is 1. The molecule has 0 aliphatic heterocycles. The molecule has 1 heterocycles. The van der Waals surface area contributed by atoms with Crippen molar-refractivity contribution in [3.63, 3.8) is 0 Å². The Labute approximate surface area is 73.8 Å². The Hall–Kier alpha value is -0.510. The largest absolute Gasteiger partial charge is 0.398 e. The Bertz CT molecular complexity index is 254. The SMILES string of the molecule is Nc1cc(Cl)nc(Cl)c1CO. The topological polar surface area (TPSA) is 59.1 Å². The number of anilines is 1. The van der Waals surface area contributed by atoms with Crippen LogP contribution in [-0.2, 0) is 6.61 Å². The molecule has 1 aromatic heterocycles. The molecule has 60 valence electrons. The van der Waals surface area contributed by atoms with Gasteiger partial charge in [0.1, 0.15) is 10.3 Å². The molecule has 3 nitrogen and oxygen atoms in total. The fourth-order valence-corrected chi connectivity index (χ4v) is 1.19. The van der Waals surface area contributed by atoms with Crippen molar-refractivity contribution in [3.05, 3.63) is 21.9 Å². The average molecular weight is 193 g/mol. The van der Waals surface area contributed by atoms with Crippen molar-refractivity contribution in [1.82, 2.24) is 4.98 Å². The van der Waals surface area contributed by atoms with E-state index in [1.165, 1.54) is 6.07 Å². The number of pyridine rings is 1. The van der Waals surface area contributed by atoms with Gasteiger partial charge in [-0.2, -0.15) is 0 Å². The highest BCUT2D eigenvalue weighted by Gasteiger charge is 2.05. The van der Waals surface area contributed by atoms with E-state index >= 15 is 0 Å². The van der Waals surface area contributed by atoms with Crippen LogP contribution < -0.4 is 5.73 Å². The normalized spacial score (nSPS) is 10.1. The van der Waals surface area contributed by atoms with E-state index in [2.05, 4.69) is 4.98 Å². The fourth-order valence-electron chi connectivity index (χ4n) is 0.685. The second kappa shape index (κ2) is 3.26. The standard InChI is InChI=1S/C6H6Cl2N2O/c7-5-1-4(9)3(2-11)6(8)10-5/h1,11H,2H2,(H2,9,10). The third kappa shape index (κ3) is 1.74. The quantitative estimate of drug-likeness (QED) is 0.663. The van der Waals surface area contributed by atoms with Crippen LogP contribution in [0.2, 0.25) is 10.3 Å². The monoisotopic (exact) mass is 192 g/mol. The maximum absolute atomic E-state index is 8.74. The van der Waals surface area contributed by atoms with Gasteiger partial charge in [0.15, 0.2) is 0 Å². The van der Waals surface area contributed by atoms with E-state index in [4.69, 9.17) is 34.0 Å². The molecule has 11 heavy (non-hydrogen) atoms. The average Bonchev–Trinajstić information content (AvgIpc) is 1.85. The molecule has 0 atom stereocenters. The molecule has 5 heteroatoms. The first kappa shape index (κ1) is 8.59. The lowest BCUT2D eigenvalue weighted by atomic mass is 10.2. The van der Waals surface area contributed by atoms with Gasteiger partial charge in [-0.25, -0.2) is 4.98 Å². The number of halogens is 2. The van der Waals surface area contributed by atoms with Crippen molar-refractivity contribution in [1.29, 1.82) is 0 Å². The summed E-state index contributed by atoms with van der Waals surface area (Å²) < 4.78 is 0. The van der Waals surface area contributed by atoms with Gasteiger partial charge >= 0.3 is 0 Å². The highest BCUT2D eigenvalue weighted by Crippen LogP contribution is 2.23. The summed E-state index contributed by atoms with van der Waals surface area (Å²) in [5, 5.41) is 9.12. The number of nitrogens with zero attached hydrogens (tertiary/aromatic N) is 1. The van der Waals surface area contributed by atoms with Gasteiger partial charge in [-0.15, -0.1) is 0 Å². The van der Waals surface area contributed by atoms with Gasteiger partial charge in [0.2, 0.25) is 0 Å². The molecule has 0 amide bonds. The van der Waals surface area contributed by atoms with Gasteiger partial charge in [0, 0.05) is 11.3 Å². The molecular weight excluding hydrogens is 187 g/mol. The van der Waals surface area contributed by atoms with Crippen LogP contribution in [-0.4, -0.2) is 10.1 Å². The summed E-state index contributed by atoms with van der Waals surface area (Å²) in [5.74, 6) is 0. The zero-order valence-electron chi connectivity index (χ0n) is 5.51. The van der Waals surface area contributed by atoms with Crippen molar-refractivity contribution >= 4 is 28.9 Å². The van der Waals surface area contributed by atoms with Gasteiger partial charge in [-0.1, -0.05) is 23.2 Å². The highest BCUT2D eigenvalue weighted by atomic mass is 35.5. The zero-order chi connectivity index (χ0) is 8.43. The second-order valence-corrected chi connectivity index (χ2v) is 2.71. The lowest BCUT2D eigenvalue weighted by Crippen LogP contribution is -1.97. The molecule has 0 fully saturated rings. The number of rotatable bonds is 1. The van der Waals surface area contributed by atoms with Crippen LogP contribution in [0, 0.1) is 0 Å². The van der Waals surface area contributed by atoms with Gasteiger partial charge in [0.25, 0.3) is 0 Å². The number of aliphatic hydroxyl groups is 1. The van der Waals surface area contributed by atoms with Crippen molar-refractivity contribution in [2.45, 2.75) is 6.61 Å². The first-order valence-electron chi connectivity index (χ1n) is 2.86. The number of nitrogens with two attached hydrogens (primary N) is 1. The molecule has 0 saturated carbocycles. The maximum Gasteiger partial charge on any atom is 0.138 e. The summed E-state index contributed by atoms with van der Waals surface area (Å²) in [6.07, 6.45) is 0. The Morgan fingerprint density at radius 2 is 2.18 bits per heavy atom. The van der Waals surface area contributed by atoms with E-state index in [-0.39, 0.29) is 16.9 Å². The number of aromatic nitrogens is 1. The minimum absolute atomic E-state index is 0.150. The molecule has 0 spiro atoms. The van der Waals surface area contributed by atoms with Gasteiger partial charge in [-0.3, -0.25) is 0 Å². The van der Waals surface area contributed by atoms with Gasteiger partial charge in [-0.05, 0) is 6.07 Å². The summed E-state index contributed by atoms with van der Waals surface area (Å²) in [4.78, 5) is 3.70. The van der Waals surface area contributed by atoms with Crippen molar-refractivity contribution < 1.29 is 5.11 Å². The molecule has 0 aliphatic rings. The lowest BCUT2D eigenvalue weighted by Gasteiger charge is -2.03. The van der Waals surface area contributed by atoms with E-state index in [1.807, 2.05) is 0 Å². The van der Waals surface area contributed by atoms with Crippen molar-refractivity contribution in [3.8, 4) is 0 Å². The van der Waals surface area contributed by atoms with Crippen LogP contribution in [0.4, 0.5) is 5.69 Å². The maximum atomic E-state index is 8.74. The predicted molar refractivity (Wildman–Crippen MR) is 44.6 cm³/mol. The Kier molecular flexibility index (Phi) is 2.54. The number of hydrogen-bond acceptors (Lipinski definition) is 3. The third-order valence-corrected chi connectivity index (χ3v) is 1.74. The van der Waals surface area contributed by atoms with E-state index in [0.29, 0.717) is 11.3 Å². The van der Waals surface area contributed by atoms with E-state index in [9.17, 15) is 0 Å². The highest BCUT2D eigenvalue weighted by molar-refractivity contribution is 6.33. The second-order valence-electron chi connectivity index (χ2n) is 1.96. The predicted octanol–water partition coefficient (Wildman–Crippen LogP) is 1.46. The summed E-state index contributed by atoms with van der Waals surface area (Å²) in [7, 11) is 0. The lowest BCUT2D eigenvalue weighted by molar-refractivity contribution is 0.282. The molecule has 0 aromatic carbocycles. The molecular formula is C6H6Cl2N2O. The van der Waals surface area contributed by atoms with Gasteiger partial charge < -0.3 is 10.8 Å². The number of hydrogen-bond donors (Lipinski definition) is 2. The first-order chi connectivity index (χ1) is 5.15. The molecule has 0 bridgehead atoms. The fraction of sp³-hybridized carbons (Fsp3) is 0.167. The molecule has 1 aromatic rings. The molecule has 1 rings (SSSR count). The zero-order valence-corrected chi connectivity index (χ0v) is 7.02. The Morgan fingerprint density at radius 3 is 2.64 bits per heavy atom. The van der Waals surface area contributed by atoms with Gasteiger partial charge in [0.05, 0.1) is 6.61 Å². The molecule has 3 N–H and O–H groups in total. The minimum Gasteiger partial charge on any atom is -0.398 e. The van der Waals surface area contributed by atoms with Crippen LogP contribution in [0.5, 0.6) is 0 Å². The Balaban J connectivity index is 3.25. The summed E-state index contributed by atoms with van der Waals surface area (Å²) in [5.41, 5.74) is 6.24. The van der Waals surface area contributed by atoms with Crippen LogP contribution in [0.1, 0.15) is 5.56 Å². The molecule has 0 aliphatic carbocycles. The third-order valence-electron chi connectivity index (χ3n) is 1.24. The van der Waals surface area contributed by atoms with Crippen molar-refractivity contribution in [2.24, 2.45) is 0 Å². The molecule has 0 radical (unpaired) electrons. The van der Waals surface area contributed by atoms with E-state index in [1.54, 1.807) is 0 Å². The first-order valence-corrected chi connectivity index (χ1v) is 3.62. The smallest absolute Gasteiger partial charge is 0.138 e. The Morgan fingerprint density at radius 1 is 1.55 bits per heavy atom. The van der Waals surface area contributed by atoms with Crippen LogP contribution in [0.15, 0.2) is 6.07 Å². The van der Waals surface area contributed by atoms with Crippen molar-refractivity contribution in [2.75, 3.05) is 5.73 Å². The van der Waals surface area contributed by atoms with Crippen LogP contribution in [0.25, 0.3) is 0 Å². The summed E-state index contributed by atoms with van der Waals surface area (Å²) in [6, 6.07) is 1.44. The molecule has 0 unspecified atom stereocenters. The van der Waals surface area contributed by atoms with E-state index < -0.39 is 0 Å². The summed E-state index contributed by atoms with van der Waals surface area (Å²) in [6.45, 7) is -0.227. The number of aliphatic hydroxyl groups excluding tert-OH is 1. The van der Waals surface area contributed by atoms with Crippen LogP contribution >= 0.6 is 23.2 Å². The van der Waals surface area contributed by atoms with Crippen LogP contribution in [0.3, 0.4) is 0 Å². The molecule has 0 saturated heterocycles. The minimum atomic E-state index is -0.227. The summed E-state index contributed by atoms with van der Waals surface area (Å²) >= 11 is 11.1.